The lowest BCUT2D eigenvalue weighted by atomic mass is 10.1. The van der Waals surface area contributed by atoms with Crippen LogP contribution >= 0.6 is 0 Å². The van der Waals surface area contributed by atoms with Crippen molar-refractivity contribution in [1.82, 2.24) is 10.3 Å². The second kappa shape index (κ2) is 6.49. The van der Waals surface area contributed by atoms with Gasteiger partial charge in [-0.25, -0.2) is 8.42 Å². The predicted octanol–water partition coefficient (Wildman–Crippen LogP) is 2.89. The first-order valence-corrected chi connectivity index (χ1v) is 9.32. The number of benzene rings is 2. The molecule has 24 heavy (non-hydrogen) atoms. The van der Waals surface area contributed by atoms with Gasteiger partial charge in [0, 0.05) is 29.2 Å². The van der Waals surface area contributed by atoms with Gasteiger partial charge in [0.1, 0.15) is 0 Å². The maximum absolute atomic E-state index is 12.2. The van der Waals surface area contributed by atoms with Gasteiger partial charge in [0.05, 0.1) is 10.6 Å². The highest BCUT2D eigenvalue weighted by atomic mass is 32.2. The highest BCUT2D eigenvalue weighted by Gasteiger charge is 2.11. The summed E-state index contributed by atoms with van der Waals surface area (Å²) in [6, 6.07) is 14.0. The summed E-state index contributed by atoms with van der Waals surface area (Å²) >= 11 is 0. The largest absolute Gasteiger partial charge is 0.361 e. The summed E-state index contributed by atoms with van der Waals surface area (Å²) in [5.41, 5.74) is 2.42. The van der Waals surface area contributed by atoms with Crippen LogP contribution < -0.4 is 5.32 Å². The van der Waals surface area contributed by atoms with Crippen LogP contribution in [0.4, 0.5) is 0 Å². The average molecular weight is 342 g/mol. The van der Waals surface area contributed by atoms with E-state index in [9.17, 15) is 13.2 Å². The van der Waals surface area contributed by atoms with Crippen LogP contribution in [-0.2, 0) is 16.4 Å². The fourth-order valence-electron chi connectivity index (χ4n) is 2.46. The number of carbonyl (C=O) groups excluding carboxylic acids is 1. The van der Waals surface area contributed by atoms with Crippen molar-refractivity contribution >= 4 is 26.6 Å². The van der Waals surface area contributed by atoms with E-state index in [2.05, 4.69) is 10.3 Å². The Bertz CT molecular complexity index is 973. The van der Waals surface area contributed by atoms with Gasteiger partial charge in [-0.1, -0.05) is 19.1 Å². The fourth-order valence-corrected chi connectivity index (χ4v) is 3.34. The van der Waals surface area contributed by atoms with Crippen molar-refractivity contribution in [2.75, 3.05) is 5.75 Å². The molecule has 0 aliphatic rings. The quantitative estimate of drug-likeness (QED) is 0.748. The van der Waals surface area contributed by atoms with Gasteiger partial charge in [0.2, 0.25) is 0 Å². The average Bonchev–Trinajstić information content (AvgIpc) is 3.07. The summed E-state index contributed by atoms with van der Waals surface area (Å²) in [4.78, 5) is 15.6. The molecule has 0 aliphatic carbocycles. The lowest BCUT2D eigenvalue weighted by Gasteiger charge is -2.07. The third-order valence-corrected chi connectivity index (χ3v) is 5.68. The number of hydrogen-bond donors (Lipinski definition) is 2. The molecule has 0 radical (unpaired) electrons. The Morgan fingerprint density at radius 1 is 1.08 bits per heavy atom. The second-order valence-electron chi connectivity index (χ2n) is 5.51. The summed E-state index contributed by atoms with van der Waals surface area (Å²) in [5, 5.41) is 3.83. The highest BCUT2D eigenvalue weighted by Crippen LogP contribution is 2.15. The topological polar surface area (TPSA) is 79.0 Å². The lowest BCUT2D eigenvalue weighted by molar-refractivity contribution is 0.0951. The molecule has 1 amide bonds. The number of rotatable bonds is 5. The minimum absolute atomic E-state index is 0.0741. The Kier molecular flexibility index (Phi) is 4.40. The van der Waals surface area contributed by atoms with Crippen LogP contribution in [0.15, 0.2) is 59.6 Å². The third-order valence-electron chi connectivity index (χ3n) is 3.93. The Morgan fingerprint density at radius 2 is 1.83 bits per heavy atom. The Morgan fingerprint density at radius 3 is 2.54 bits per heavy atom. The number of aromatic nitrogens is 1. The van der Waals surface area contributed by atoms with E-state index >= 15 is 0 Å². The molecule has 2 aromatic carbocycles. The van der Waals surface area contributed by atoms with E-state index in [4.69, 9.17) is 0 Å². The number of amides is 1. The SMILES string of the molecule is CCS(=O)(=O)c1ccc(CNC(=O)c2ccc3[nH]ccc3c2)cc1. The number of H-pyrrole nitrogens is 1. The Hall–Kier alpha value is -2.60. The van der Waals surface area contributed by atoms with Gasteiger partial charge in [-0.2, -0.15) is 0 Å². The maximum atomic E-state index is 12.2. The monoisotopic (exact) mass is 342 g/mol. The van der Waals surface area contributed by atoms with Crippen molar-refractivity contribution < 1.29 is 13.2 Å². The third kappa shape index (κ3) is 3.33. The van der Waals surface area contributed by atoms with Crippen molar-refractivity contribution in [2.24, 2.45) is 0 Å². The van der Waals surface area contributed by atoms with Gasteiger partial charge < -0.3 is 10.3 Å². The van der Waals surface area contributed by atoms with Crippen LogP contribution in [0.2, 0.25) is 0 Å². The van der Waals surface area contributed by atoms with Crippen LogP contribution in [0.3, 0.4) is 0 Å². The molecule has 3 aromatic rings. The van der Waals surface area contributed by atoms with E-state index in [1.54, 1.807) is 37.3 Å². The number of hydrogen-bond acceptors (Lipinski definition) is 3. The van der Waals surface area contributed by atoms with Crippen LogP contribution in [0.5, 0.6) is 0 Å². The Labute approximate surface area is 140 Å². The zero-order chi connectivity index (χ0) is 17.2. The van der Waals surface area contributed by atoms with Crippen LogP contribution in [0, 0.1) is 0 Å². The van der Waals surface area contributed by atoms with Crippen molar-refractivity contribution in [2.45, 2.75) is 18.4 Å². The van der Waals surface area contributed by atoms with Gasteiger partial charge in [-0.15, -0.1) is 0 Å². The standard InChI is InChI=1S/C18H18N2O3S/c1-2-24(22,23)16-6-3-13(4-7-16)12-20-18(21)15-5-8-17-14(11-15)9-10-19-17/h3-11,19H,2,12H2,1H3,(H,20,21). The van der Waals surface area contributed by atoms with Crippen molar-refractivity contribution in [3.8, 4) is 0 Å². The molecule has 0 aliphatic heterocycles. The molecule has 0 fully saturated rings. The van der Waals surface area contributed by atoms with Crippen molar-refractivity contribution in [3.63, 3.8) is 0 Å². The van der Waals surface area contributed by atoms with E-state index in [0.29, 0.717) is 17.0 Å². The van der Waals surface area contributed by atoms with Gasteiger partial charge in [-0.3, -0.25) is 4.79 Å². The number of nitrogens with one attached hydrogen (secondary N) is 2. The fraction of sp³-hybridized carbons (Fsp3) is 0.167. The molecule has 1 aromatic heterocycles. The minimum Gasteiger partial charge on any atom is -0.361 e. The van der Waals surface area contributed by atoms with Crippen molar-refractivity contribution in [3.05, 3.63) is 65.9 Å². The molecule has 5 nitrogen and oxygen atoms in total. The molecule has 0 unspecified atom stereocenters. The second-order valence-corrected chi connectivity index (χ2v) is 7.79. The lowest BCUT2D eigenvalue weighted by Crippen LogP contribution is -2.22. The normalized spacial score (nSPS) is 11.5. The molecular weight excluding hydrogens is 324 g/mol. The summed E-state index contributed by atoms with van der Waals surface area (Å²) < 4.78 is 23.6. The smallest absolute Gasteiger partial charge is 0.251 e. The number of aromatic amines is 1. The molecule has 0 atom stereocenters. The molecule has 1 heterocycles. The van der Waals surface area contributed by atoms with Crippen LogP contribution in [0.25, 0.3) is 10.9 Å². The maximum Gasteiger partial charge on any atom is 0.251 e. The van der Waals surface area contributed by atoms with Gasteiger partial charge in [0.25, 0.3) is 5.91 Å². The summed E-state index contributed by atoms with van der Waals surface area (Å²) in [6.07, 6.45) is 1.83. The molecule has 3 rings (SSSR count). The number of carbonyl (C=O) groups is 1. The van der Waals surface area contributed by atoms with Gasteiger partial charge >= 0.3 is 0 Å². The Balaban J connectivity index is 1.67. The number of sulfone groups is 1. The highest BCUT2D eigenvalue weighted by molar-refractivity contribution is 7.91. The minimum atomic E-state index is -3.19. The summed E-state index contributed by atoms with van der Waals surface area (Å²) in [7, 11) is -3.19. The van der Waals surface area contributed by atoms with E-state index in [0.717, 1.165) is 16.5 Å². The molecule has 124 valence electrons. The van der Waals surface area contributed by atoms with Gasteiger partial charge in [0.15, 0.2) is 9.84 Å². The van der Waals surface area contributed by atoms with Gasteiger partial charge in [-0.05, 0) is 42.0 Å². The van der Waals surface area contributed by atoms with E-state index in [1.807, 2.05) is 24.4 Å². The number of fused-ring (bicyclic) bond motifs is 1. The van der Waals surface area contributed by atoms with Crippen LogP contribution in [0.1, 0.15) is 22.8 Å². The molecule has 6 heteroatoms. The molecule has 0 saturated heterocycles. The molecular formula is C18H18N2O3S. The predicted molar refractivity (Wildman–Crippen MR) is 93.6 cm³/mol. The van der Waals surface area contributed by atoms with Crippen LogP contribution in [-0.4, -0.2) is 25.1 Å². The molecule has 0 saturated carbocycles. The zero-order valence-electron chi connectivity index (χ0n) is 13.2. The molecule has 0 spiro atoms. The summed E-state index contributed by atoms with van der Waals surface area (Å²) in [5.74, 6) is -0.0894. The first kappa shape index (κ1) is 16.3. The zero-order valence-corrected chi connectivity index (χ0v) is 14.1. The molecule has 2 N–H and O–H groups in total. The van der Waals surface area contributed by atoms with E-state index in [-0.39, 0.29) is 11.7 Å². The van der Waals surface area contributed by atoms with E-state index in [1.165, 1.54) is 0 Å². The van der Waals surface area contributed by atoms with E-state index < -0.39 is 9.84 Å². The van der Waals surface area contributed by atoms with Crippen molar-refractivity contribution in [1.29, 1.82) is 0 Å². The summed E-state index contributed by atoms with van der Waals surface area (Å²) in [6.45, 7) is 1.96. The molecule has 0 bridgehead atoms. The first-order chi connectivity index (χ1) is 11.5. The first-order valence-electron chi connectivity index (χ1n) is 7.66.